The van der Waals surface area contributed by atoms with Gasteiger partial charge in [-0.05, 0) is 39.5 Å². The summed E-state index contributed by atoms with van der Waals surface area (Å²) in [4.78, 5) is 2.63. The van der Waals surface area contributed by atoms with E-state index in [1.807, 2.05) is 0 Å². The van der Waals surface area contributed by atoms with E-state index >= 15 is 0 Å². The van der Waals surface area contributed by atoms with E-state index in [2.05, 4.69) is 18.7 Å². The molecule has 3 nitrogen and oxygen atoms in total. The van der Waals surface area contributed by atoms with Gasteiger partial charge in [0, 0.05) is 25.2 Å². The molecule has 94 valence electrons. The molecule has 2 fully saturated rings. The van der Waals surface area contributed by atoms with E-state index in [0.717, 1.165) is 25.0 Å². The zero-order valence-electron chi connectivity index (χ0n) is 10.7. The van der Waals surface area contributed by atoms with E-state index in [0.29, 0.717) is 18.8 Å². The molecule has 4 atom stereocenters. The molecule has 2 heterocycles. The Morgan fingerprint density at radius 1 is 1.06 bits per heavy atom. The first-order valence-electron chi connectivity index (χ1n) is 6.82. The fraction of sp³-hybridized carbons (Fsp3) is 1.00. The largest absolute Gasteiger partial charge is 0.372 e. The maximum absolute atomic E-state index is 5.94. The van der Waals surface area contributed by atoms with Crippen molar-refractivity contribution in [3.8, 4) is 0 Å². The van der Waals surface area contributed by atoms with Crippen LogP contribution >= 0.6 is 0 Å². The molecule has 0 spiro atoms. The van der Waals surface area contributed by atoms with Gasteiger partial charge in [0.05, 0.1) is 12.2 Å². The van der Waals surface area contributed by atoms with E-state index < -0.39 is 0 Å². The predicted octanol–water partition coefficient (Wildman–Crippen LogP) is 1.76. The Morgan fingerprint density at radius 3 is 2.25 bits per heavy atom. The molecule has 0 saturated carbocycles. The fourth-order valence-electron chi connectivity index (χ4n) is 3.16. The summed E-state index contributed by atoms with van der Waals surface area (Å²) in [7, 11) is 0. The van der Waals surface area contributed by atoms with Gasteiger partial charge >= 0.3 is 0 Å². The molecule has 3 heteroatoms. The molecule has 2 saturated heterocycles. The van der Waals surface area contributed by atoms with Gasteiger partial charge in [-0.1, -0.05) is 6.42 Å². The molecular formula is C13H26N2O. The van der Waals surface area contributed by atoms with E-state index in [1.165, 1.54) is 25.7 Å². The SMILES string of the molecule is C[C@@H]1CCC[C@H](C)N1CC1CCC(CN)O1. The topological polar surface area (TPSA) is 38.5 Å². The van der Waals surface area contributed by atoms with Crippen LogP contribution in [-0.4, -0.2) is 42.3 Å². The molecule has 2 rings (SSSR count). The number of nitrogens with two attached hydrogens (primary N) is 1. The van der Waals surface area contributed by atoms with Crippen molar-refractivity contribution in [2.45, 2.75) is 70.2 Å². The Kier molecular flexibility index (Phi) is 4.22. The summed E-state index contributed by atoms with van der Waals surface area (Å²) in [6, 6.07) is 1.45. The Labute approximate surface area is 99.3 Å². The summed E-state index contributed by atoms with van der Waals surface area (Å²) in [5, 5.41) is 0. The minimum atomic E-state index is 0.320. The second-order valence-electron chi connectivity index (χ2n) is 5.52. The summed E-state index contributed by atoms with van der Waals surface area (Å²) < 4.78 is 5.94. The van der Waals surface area contributed by atoms with Crippen LogP contribution in [0, 0.1) is 0 Å². The average molecular weight is 226 g/mol. The third-order valence-corrected chi connectivity index (χ3v) is 4.25. The number of likely N-dealkylation sites (tertiary alicyclic amines) is 1. The quantitative estimate of drug-likeness (QED) is 0.797. The monoisotopic (exact) mass is 226 g/mol. The fourth-order valence-corrected chi connectivity index (χ4v) is 3.16. The van der Waals surface area contributed by atoms with Gasteiger partial charge in [-0.3, -0.25) is 4.90 Å². The molecule has 2 unspecified atom stereocenters. The van der Waals surface area contributed by atoms with Gasteiger partial charge in [0.2, 0.25) is 0 Å². The van der Waals surface area contributed by atoms with Crippen molar-refractivity contribution >= 4 is 0 Å². The van der Waals surface area contributed by atoms with E-state index in [4.69, 9.17) is 10.5 Å². The van der Waals surface area contributed by atoms with E-state index in [1.54, 1.807) is 0 Å². The van der Waals surface area contributed by atoms with Gasteiger partial charge in [-0.15, -0.1) is 0 Å². The molecular weight excluding hydrogens is 200 g/mol. The number of ether oxygens (including phenoxy) is 1. The van der Waals surface area contributed by atoms with Gasteiger partial charge in [0.15, 0.2) is 0 Å². The molecule has 2 aliphatic rings. The van der Waals surface area contributed by atoms with Crippen molar-refractivity contribution in [1.82, 2.24) is 4.90 Å². The van der Waals surface area contributed by atoms with Crippen LogP contribution in [0.25, 0.3) is 0 Å². The molecule has 0 radical (unpaired) electrons. The highest BCUT2D eigenvalue weighted by atomic mass is 16.5. The van der Waals surface area contributed by atoms with Crippen LogP contribution < -0.4 is 5.73 Å². The first kappa shape index (κ1) is 12.3. The Morgan fingerprint density at radius 2 is 1.69 bits per heavy atom. The summed E-state index contributed by atoms with van der Waals surface area (Å²) in [5.41, 5.74) is 5.65. The van der Waals surface area contributed by atoms with Gasteiger partial charge in [-0.2, -0.15) is 0 Å². The zero-order valence-corrected chi connectivity index (χ0v) is 10.7. The molecule has 0 aromatic heterocycles. The predicted molar refractivity (Wildman–Crippen MR) is 66.4 cm³/mol. The summed E-state index contributed by atoms with van der Waals surface area (Å²) in [5.74, 6) is 0. The molecule has 0 amide bonds. The second-order valence-corrected chi connectivity index (χ2v) is 5.52. The maximum atomic E-state index is 5.94. The van der Waals surface area contributed by atoms with Crippen LogP contribution in [-0.2, 0) is 4.74 Å². The minimum absolute atomic E-state index is 0.320. The van der Waals surface area contributed by atoms with Crippen LogP contribution in [0.4, 0.5) is 0 Å². The lowest BCUT2D eigenvalue weighted by molar-refractivity contribution is -0.00208. The third kappa shape index (κ3) is 2.76. The van der Waals surface area contributed by atoms with E-state index in [9.17, 15) is 0 Å². The number of rotatable bonds is 3. The summed E-state index contributed by atoms with van der Waals surface area (Å²) >= 11 is 0. The minimum Gasteiger partial charge on any atom is -0.372 e. The smallest absolute Gasteiger partial charge is 0.0707 e. The van der Waals surface area contributed by atoms with Crippen LogP contribution in [0.5, 0.6) is 0 Å². The molecule has 16 heavy (non-hydrogen) atoms. The maximum Gasteiger partial charge on any atom is 0.0707 e. The van der Waals surface area contributed by atoms with Crippen molar-refractivity contribution in [2.24, 2.45) is 5.73 Å². The van der Waals surface area contributed by atoms with Gasteiger partial charge in [0.1, 0.15) is 0 Å². The third-order valence-electron chi connectivity index (χ3n) is 4.25. The first-order valence-corrected chi connectivity index (χ1v) is 6.82. The number of piperidine rings is 1. The average Bonchev–Trinajstić information content (AvgIpc) is 2.71. The van der Waals surface area contributed by atoms with Gasteiger partial charge in [0.25, 0.3) is 0 Å². The van der Waals surface area contributed by atoms with Crippen LogP contribution in [0.15, 0.2) is 0 Å². The van der Waals surface area contributed by atoms with Crippen molar-refractivity contribution in [3.63, 3.8) is 0 Å². The second kappa shape index (κ2) is 5.48. The lowest BCUT2D eigenvalue weighted by Gasteiger charge is -2.40. The molecule has 0 bridgehead atoms. The molecule has 0 aliphatic carbocycles. The molecule has 2 aliphatic heterocycles. The van der Waals surface area contributed by atoms with Crippen molar-refractivity contribution in [3.05, 3.63) is 0 Å². The highest BCUT2D eigenvalue weighted by Gasteiger charge is 2.31. The van der Waals surface area contributed by atoms with Crippen molar-refractivity contribution < 1.29 is 4.74 Å². The Bertz CT molecular complexity index is 212. The van der Waals surface area contributed by atoms with Crippen LogP contribution in [0.2, 0.25) is 0 Å². The number of nitrogens with zero attached hydrogens (tertiary/aromatic N) is 1. The Balaban J connectivity index is 1.83. The van der Waals surface area contributed by atoms with E-state index in [-0.39, 0.29) is 0 Å². The highest BCUT2D eigenvalue weighted by Crippen LogP contribution is 2.26. The molecule has 0 aromatic rings. The summed E-state index contributed by atoms with van der Waals surface area (Å²) in [6.45, 7) is 6.50. The van der Waals surface area contributed by atoms with Crippen molar-refractivity contribution in [2.75, 3.05) is 13.1 Å². The van der Waals surface area contributed by atoms with Crippen LogP contribution in [0.1, 0.15) is 46.0 Å². The first-order chi connectivity index (χ1) is 7.70. The lowest BCUT2D eigenvalue weighted by Crippen LogP contribution is -2.47. The molecule has 2 N–H and O–H groups in total. The van der Waals surface area contributed by atoms with Gasteiger partial charge < -0.3 is 10.5 Å². The highest BCUT2D eigenvalue weighted by molar-refractivity contribution is 4.84. The summed E-state index contributed by atoms with van der Waals surface area (Å²) in [6.07, 6.45) is 7.16. The number of hydrogen-bond acceptors (Lipinski definition) is 3. The Hall–Kier alpha value is -0.120. The van der Waals surface area contributed by atoms with Crippen LogP contribution in [0.3, 0.4) is 0 Å². The zero-order chi connectivity index (χ0) is 11.5. The van der Waals surface area contributed by atoms with Gasteiger partial charge in [-0.25, -0.2) is 0 Å². The normalized spacial score (nSPS) is 41.4. The number of hydrogen-bond donors (Lipinski definition) is 1. The lowest BCUT2D eigenvalue weighted by atomic mass is 9.97. The standard InChI is InChI=1S/C13H26N2O/c1-10-4-3-5-11(2)15(10)9-13-7-6-12(8-14)16-13/h10-13H,3-9,14H2,1-2H3/t10-,11+,12?,13?. The molecule has 0 aromatic carbocycles. The van der Waals surface area contributed by atoms with Crippen molar-refractivity contribution in [1.29, 1.82) is 0 Å².